The highest BCUT2D eigenvalue weighted by Gasteiger charge is 2.44. The zero-order valence-electron chi connectivity index (χ0n) is 49.0. The summed E-state index contributed by atoms with van der Waals surface area (Å²) in [6.07, 6.45) is 59.8. The van der Waals surface area contributed by atoms with Crippen molar-refractivity contribution < 1.29 is 49.3 Å². The maximum absolute atomic E-state index is 13.0. The van der Waals surface area contributed by atoms with Crippen molar-refractivity contribution in [3.8, 4) is 0 Å². The molecule has 0 aromatic heterocycles. The molecular weight excluding hydrogens is 955 g/mol. The SMILES string of the molecule is C/C=C/CC/C=C/CC/C=C/C(O)C(COC1OC(CO)C(O)C(O)C1O)NC(=O)CCCCCCCCCCCCCC/C=C\CCCCCCCCCCCCCCOC(=O)CCCCCCCCCCCCC. The van der Waals surface area contributed by atoms with Gasteiger partial charge in [-0.05, 0) is 77.6 Å². The van der Waals surface area contributed by atoms with Gasteiger partial charge in [0.05, 0.1) is 32.0 Å². The van der Waals surface area contributed by atoms with Gasteiger partial charge in [-0.25, -0.2) is 0 Å². The van der Waals surface area contributed by atoms with Crippen LogP contribution in [0.5, 0.6) is 0 Å². The minimum atomic E-state index is -1.58. The Balaban J connectivity index is 1.96. The molecule has 11 heteroatoms. The molecule has 7 atom stereocenters. The van der Waals surface area contributed by atoms with Crippen LogP contribution < -0.4 is 5.32 Å². The molecule has 1 aliphatic heterocycles. The van der Waals surface area contributed by atoms with E-state index in [1.165, 1.54) is 199 Å². The summed E-state index contributed by atoms with van der Waals surface area (Å²) < 4.78 is 16.7. The normalized spacial score (nSPS) is 19.0. The molecule has 76 heavy (non-hydrogen) atoms. The molecule has 0 aromatic rings. The summed E-state index contributed by atoms with van der Waals surface area (Å²) >= 11 is 0. The summed E-state index contributed by atoms with van der Waals surface area (Å²) in [5, 5.41) is 54.2. The largest absolute Gasteiger partial charge is 0.466 e. The Morgan fingerprint density at radius 3 is 1.38 bits per heavy atom. The van der Waals surface area contributed by atoms with E-state index in [1.807, 2.05) is 19.1 Å². The number of carbonyl (C=O) groups is 2. The van der Waals surface area contributed by atoms with E-state index in [9.17, 15) is 35.1 Å². The van der Waals surface area contributed by atoms with Crippen LogP contribution in [0.25, 0.3) is 0 Å². The van der Waals surface area contributed by atoms with Gasteiger partial charge in [-0.3, -0.25) is 9.59 Å². The molecule has 11 nitrogen and oxygen atoms in total. The third kappa shape index (κ3) is 43.5. The molecule has 0 aromatic carbocycles. The lowest BCUT2D eigenvalue weighted by atomic mass is 9.99. The van der Waals surface area contributed by atoms with Gasteiger partial charge in [-0.15, -0.1) is 0 Å². The molecule has 1 heterocycles. The molecule has 1 amide bonds. The smallest absolute Gasteiger partial charge is 0.305 e. The number of amides is 1. The predicted octanol–water partition coefficient (Wildman–Crippen LogP) is 15.2. The van der Waals surface area contributed by atoms with Gasteiger partial charge in [-0.1, -0.05) is 248 Å². The Morgan fingerprint density at radius 1 is 0.500 bits per heavy atom. The molecule has 1 rings (SSSR count). The number of aliphatic hydroxyl groups excluding tert-OH is 5. The fourth-order valence-corrected chi connectivity index (χ4v) is 9.94. The summed E-state index contributed by atoms with van der Waals surface area (Å²) in [4.78, 5) is 25.0. The second-order valence-corrected chi connectivity index (χ2v) is 22.1. The topological polar surface area (TPSA) is 175 Å². The number of hydrogen-bond donors (Lipinski definition) is 6. The highest BCUT2D eigenvalue weighted by atomic mass is 16.7. The molecule has 6 N–H and O–H groups in total. The fourth-order valence-electron chi connectivity index (χ4n) is 9.94. The molecule has 1 aliphatic rings. The van der Waals surface area contributed by atoms with Crippen LogP contribution in [0.3, 0.4) is 0 Å². The maximum atomic E-state index is 13.0. The van der Waals surface area contributed by atoms with Crippen LogP contribution >= 0.6 is 0 Å². The first-order valence-electron chi connectivity index (χ1n) is 31.9. The van der Waals surface area contributed by atoms with Gasteiger partial charge in [0.1, 0.15) is 24.4 Å². The van der Waals surface area contributed by atoms with Crippen LogP contribution in [-0.4, -0.2) is 100 Å². The van der Waals surface area contributed by atoms with Gasteiger partial charge >= 0.3 is 5.97 Å². The van der Waals surface area contributed by atoms with E-state index in [4.69, 9.17) is 14.2 Å². The first-order valence-corrected chi connectivity index (χ1v) is 31.9. The summed E-state index contributed by atoms with van der Waals surface area (Å²) in [7, 11) is 0. The van der Waals surface area contributed by atoms with Crippen molar-refractivity contribution in [2.45, 2.75) is 333 Å². The average molecular weight is 1070 g/mol. The second-order valence-electron chi connectivity index (χ2n) is 22.1. The standard InChI is InChI=1S/C65H119NO10/c1-3-5-7-9-11-13-32-37-41-45-49-53-61(70)74-54-50-46-42-38-34-31-29-27-25-23-21-19-17-15-14-16-18-20-22-24-26-28-30-33-36-40-44-48-52-60(69)66-57(58(68)51-47-43-39-35-12-10-8-6-4-2)56-75-65-64(73)63(72)62(71)59(55-67)76-65/h4,6,12,14-15,35,47,51,57-59,62-65,67-68,71-73H,3,5,7-11,13,16-34,36-46,48-50,52-56H2,1-2H3,(H,66,69)/b6-4+,15-14-,35-12+,51-47+. The van der Waals surface area contributed by atoms with Crippen molar-refractivity contribution in [3.05, 3.63) is 48.6 Å². The lowest BCUT2D eigenvalue weighted by molar-refractivity contribution is -0.302. The van der Waals surface area contributed by atoms with Crippen LogP contribution in [0, 0.1) is 0 Å². The first kappa shape index (κ1) is 71.6. The van der Waals surface area contributed by atoms with Gasteiger partial charge in [0.15, 0.2) is 6.29 Å². The molecule has 1 saturated heterocycles. The van der Waals surface area contributed by atoms with E-state index in [1.54, 1.807) is 6.08 Å². The third-order valence-electron chi connectivity index (χ3n) is 15.0. The lowest BCUT2D eigenvalue weighted by Crippen LogP contribution is -2.60. The number of nitrogens with one attached hydrogen (secondary N) is 1. The van der Waals surface area contributed by atoms with Crippen molar-refractivity contribution in [1.29, 1.82) is 0 Å². The highest BCUT2D eigenvalue weighted by Crippen LogP contribution is 2.23. The number of carbonyl (C=O) groups excluding carboxylic acids is 2. The predicted molar refractivity (Wildman–Crippen MR) is 315 cm³/mol. The third-order valence-corrected chi connectivity index (χ3v) is 15.0. The number of unbranched alkanes of at least 4 members (excludes halogenated alkanes) is 36. The highest BCUT2D eigenvalue weighted by molar-refractivity contribution is 5.76. The molecule has 0 saturated carbocycles. The summed E-state index contributed by atoms with van der Waals surface area (Å²) in [6, 6.07) is -0.833. The molecular formula is C65H119NO10. The van der Waals surface area contributed by atoms with Crippen molar-refractivity contribution >= 4 is 11.9 Å². The molecule has 7 unspecified atom stereocenters. The minimum absolute atomic E-state index is 0.00550. The number of ether oxygens (including phenoxy) is 3. The number of hydrogen-bond acceptors (Lipinski definition) is 10. The minimum Gasteiger partial charge on any atom is -0.466 e. The lowest BCUT2D eigenvalue weighted by Gasteiger charge is -2.40. The van der Waals surface area contributed by atoms with Gasteiger partial charge in [-0.2, -0.15) is 0 Å². The zero-order chi connectivity index (χ0) is 55.2. The van der Waals surface area contributed by atoms with Crippen LogP contribution in [0.4, 0.5) is 0 Å². The number of rotatable bonds is 55. The fraction of sp³-hybridized carbons (Fsp3) is 0.846. The Kier molecular flexibility index (Phi) is 51.4. The van der Waals surface area contributed by atoms with Gasteiger partial charge in [0.2, 0.25) is 5.91 Å². The van der Waals surface area contributed by atoms with Crippen molar-refractivity contribution in [1.82, 2.24) is 5.32 Å². The van der Waals surface area contributed by atoms with Crippen molar-refractivity contribution in [2.75, 3.05) is 19.8 Å². The molecule has 0 aliphatic carbocycles. The summed E-state index contributed by atoms with van der Waals surface area (Å²) in [5.74, 6) is -0.194. The van der Waals surface area contributed by atoms with Crippen molar-refractivity contribution in [3.63, 3.8) is 0 Å². The Morgan fingerprint density at radius 2 is 0.908 bits per heavy atom. The summed E-state index contributed by atoms with van der Waals surface area (Å²) in [5.41, 5.74) is 0. The van der Waals surface area contributed by atoms with Gasteiger partial charge < -0.3 is 45.1 Å². The Bertz CT molecular complexity index is 1400. The molecule has 1 fully saturated rings. The van der Waals surface area contributed by atoms with Crippen LogP contribution in [0.2, 0.25) is 0 Å². The number of esters is 1. The quantitative estimate of drug-likeness (QED) is 0.0195. The average Bonchev–Trinajstić information content (AvgIpc) is 3.42. The van der Waals surface area contributed by atoms with E-state index < -0.39 is 49.5 Å². The monoisotopic (exact) mass is 1070 g/mol. The van der Waals surface area contributed by atoms with E-state index in [0.29, 0.717) is 19.4 Å². The first-order chi connectivity index (χ1) is 37.2. The van der Waals surface area contributed by atoms with E-state index >= 15 is 0 Å². The summed E-state index contributed by atoms with van der Waals surface area (Å²) in [6.45, 7) is 4.10. The van der Waals surface area contributed by atoms with E-state index in [2.05, 4.69) is 42.6 Å². The number of allylic oxidation sites excluding steroid dienone is 7. The van der Waals surface area contributed by atoms with Crippen LogP contribution in [0.15, 0.2) is 48.6 Å². The maximum Gasteiger partial charge on any atom is 0.305 e. The van der Waals surface area contributed by atoms with Gasteiger partial charge in [0, 0.05) is 12.8 Å². The van der Waals surface area contributed by atoms with Crippen LogP contribution in [-0.2, 0) is 23.8 Å². The second kappa shape index (κ2) is 54.6. The molecule has 444 valence electrons. The molecule has 0 radical (unpaired) electrons. The van der Waals surface area contributed by atoms with E-state index in [-0.39, 0.29) is 18.5 Å². The molecule has 0 spiro atoms. The van der Waals surface area contributed by atoms with Gasteiger partial charge in [0.25, 0.3) is 0 Å². The zero-order valence-corrected chi connectivity index (χ0v) is 49.0. The number of aliphatic hydroxyl groups is 5. The molecule has 0 bridgehead atoms. The Hall–Kier alpha value is -2.38. The Labute approximate surface area is 466 Å². The van der Waals surface area contributed by atoms with E-state index in [0.717, 1.165) is 64.2 Å². The van der Waals surface area contributed by atoms with Crippen molar-refractivity contribution in [2.24, 2.45) is 0 Å². The van der Waals surface area contributed by atoms with Crippen LogP contribution in [0.1, 0.15) is 290 Å².